The van der Waals surface area contributed by atoms with Gasteiger partial charge in [0.2, 0.25) is 0 Å². The molecule has 0 saturated heterocycles. The summed E-state index contributed by atoms with van der Waals surface area (Å²) >= 11 is 0. The second-order valence-electron chi connectivity index (χ2n) is 6.35. The maximum atomic E-state index is 12.6. The van der Waals surface area contributed by atoms with Crippen molar-refractivity contribution < 1.29 is 8.42 Å². The second kappa shape index (κ2) is 5.63. The molecule has 0 atom stereocenters. The third-order valence-electron chi connectivity index (χ3n) is 4.54. The number of nitrogen functional groups attached to an aromatic ring is 1. The Balaban J connectivity index is 1.71. The molecule has 0 fully saturated rings. The molecular formula is C20H18N2O2S. The summed E-state index contributed by atoms with van der Waals surface area (Å²) in [5.74, 6) is 0. The van der Waals surface area contributed by atoms with Gasteiger partial charge in [-0.25, -0.2) is 8.42 Å². The van der Waals surface area contributed by atoms with Crippen molar-refractivity contribution >= 4 is 21.4 Å². The lowest BCUT2D eigenvalue weighted by Crippen LogP contribution is -2.14. The highest BCUT2D eigenvalue weighted by atomic mass is 32.2. The van der Waals surface area contributed by atoms with Crippen LogP contribution in [0, 0.1) is 6.92 Å². The monoisotopic (exact) mass is 350 g/mol. The van der Waals surface area contributed by atoms with Crippen LogP contribution in [0.1, 0.15) is 16.7 Å². The third-order valence-corrected chi connectivity index (χ3v) is 5.92. The lowest BCUT2D eigenvalue weighted by atomic mass is 10.0. The first kappa shape index (κ1) is 15.7. The molecule has 3 N–H and O–H groups in total. The van der Waals surface area contributed by atoms with Crippen LogP contribution >= 0.6 is 0 Å². The van der Waals surface area contributed by atoms with Crippen molar-refractivity contribution in [3.05, 3.63) is 77.4 Å². The quantitative estimate of drug-likeness (QED) is 0.550. The molecule has 0 radical (unpaired) electrons. The van der Waals surface area contributed by atoms with E-state index in [4.69, 9.17) is 5.73 Å². The summed E-state index contributed by atoms with van der Waals surface area (Å²) in [4.78, 5) is 0.223. The fraction of sp³-hybridized carbons (Fsp3) is 0.100. The van der Waals surface area contributed by atoms with Gasteiger partial charge in [-0.15, -0.1) is 0 Å². The number of nitrogens with one attached hydrogen (secondary N) is 1. The zero-order chi connectivity index (χ0) is 17.6. The molecular weight excluding hydrogens is 332 g/mol. The molecule has 0 saturated carbocycles. The van der Waals surface area contributed by atoms with Gasteiger partial charge in [0.25, 0.3) is 10.0 Å². The number of hydrogen-bond donors (Lipinski definition) is 2. The zero-order valence-electron chi connectivity index (χ0n) is 13.8. The Morgan fingerprint density at radius 3 is 2.40 bits per heavy atom. The van der Waals surface area contributed by atoms with Gasteiger partial charge in [0, 0.05) is 0 Å². The Labute approximate surface area is 147 Å². The van der Waals surface area contributed by atoms with E-state index in [-0.39, 0.29) is 4.90 Å². The SMILES string of the molecule is Cc1ccc(S(=O)(=O)Nc2cc3c(cc2N)-c2ccccc2C3)cc1. The summed E-state index contributed by atoms with van der Waals surface area (Å²) in [5, 5.41) is 0. The molecule has 4 nitrogen and oxygen atoms in total. The third kappa shape index (κ3) is 2.76. The number of fused-ring (bicyclic) bond motifs is 3. The van der Waals surface area contributed by atoms with E-state index in [2.05, 4.69) is 16.9 Å². The highest BCUT2D eigenvalue weighted by Gasteiger charge is 2.22. The van der Waals surface area contributed by atoms with Crippen LogP contribution < -0.4 is 10.5 Å². The van der Waals surface area contributed by atoms with Crippen LogP contribution in [0.2, 0.25) is 0 Å². The Hall–Kier alpha value is -2.79. The van der Waals surface area contributed by atoms with E-state index in [0.717, 1.165) is 28.7 Å². The minimum Gasteiger partial charge on any atom is -0.397 e. The fourth-order valence-corrected chi connectivity index (χ4v) is 4.29. The summed E-state index contributed by atoms with van der Waals surface area (Å²) in [7, 11) is -3.67. The summed E-state index contributed by atoms with van der Waals surface area (Å²) in [6.07, 6.45) is 0.783. The number of nitrogens with two attached hydrogens (primary N) is 1. The molecule has 3 aromatic rings. The van der Waals surface area contributed by atoms with E-state index < -0.39 is 10.0 Å². The number of sulfonamides is 1. The highest BCUT2D eigenvalue weighted by molar-refractivity contribution is 7.92. The Morgan fingerprint density at radius 1 is 0.920 bits per heavy atom. The van der Waals surface area contributed by atoms with E-state index >= 15 is 0 Å². The first-order valence-electron chi connectivity index (χ1n) is 8.04. The molecule has 5 heteroatoms. The van der Waals surface area contributed by atoms with E-state index in [9.17, 15) is 8.42 Å². The standard InChI is InChI=1S/C20H18N2O2S/c1-13-6-8-16(9-7-13)25(23,24)22-20-11-15-10-14-4-2-3-5-17(14)18(15)12-19(20)21/h2-9,11-12,22H,10,21H2,1H3. The highest BCUT2D eigenvalue weighted by Crippen LogP contribution is 2.40. The molecule has 1 aliphatic rings. The smallest absolute Gasteiger partial charge is 0.261 e. The van der Waals surface area contributed by atoms with E-state index in [1.54, 1.807) is 24.3 Å². The normalized spacial score (nSPS) is 12.5. The fourth-order valence-electron chi connectivity index (χ4n) is 3.21. The Morgan fingerprint density at radius 2 is 1.64 bits per heavy atom. The molecule has 0 aliphatic heterocycles. The van der Waals surface area contributed by atoms with Gasteiger partial charge in [-0.2, -0.15) is 0 Å². The molecule has 0 unspecified atom stereocenters. The van der Waals surface area contributed by atoms with Crippen LogP contribution in [-0.2, 0) is 16.4 Å². The number of rotatable bonds is 3. The van der Waals surface area contributed by atoms with Crippen LogP contribution in [0.3, 0.4) is 0 Å². The van der Waals surface area contributed by atoms with Gasteiger partial charge in [-0.1, -0.05) is 42.0 Å². The molecule has 4 rings (SSSR count). The van der Waals surface area contributed by atoms with Gasteiger partial charge in [-0.05, 0) is 59.9 Å². The molecule has 1 aliphatic carbocycles. The summed E-state index contributed by atoms with van der Waals surface area (Å²) in [5.41, 5.74) is 12.5. The van der Waals surface area contributed by atoms with Crippen molar-refractivity contribution in [3.63, 3.8) is 0 Å². The Kier molecular flexibility index (Phi) is 3.54. The number of aryl methyl sites for hydroxylation is 1. The minimum atomic E-state index is -3.67. The van der Waals surface area contributed by atoms with Crippen molar-refractivity contribution in [1.82, 2.24) is 0 Å². The van der Waals surface area contributed by atoms with E-state index in [0.29, 0.717) is 11.4 Å². The number of hydrogen-bond acceptors (Lipinski definition) is 3. The van der Waals surface area contributed by atoms with Crippen LogP contribution in [0.5, 0.6) is 0 Å². The molecule has 0 aromatic heterocycles. The maximum Gasteiger partial charge on any atom is 0.261 e. The van der Waals surface area contributed by atoms with E-state index in [1.807, 2.05) is 31.2 Å². The Bertz CT molecular complexity index is 1070. The molecule has 126 valence electrons. The lowest BCUT2D eigenvalue weighted by molar-refractivity contribution is 0.601. The largest absolute Gasteiger partial charge is 0.397 e. The summed E-state index contributed by atoms with van der Waals surface area (Å²) in [6.45, 7) is 1.92. The van der Waals surface area contributed by atoms with Crippen molar-refractivity contribution in [3.8, 4) is 11.1 Å². The average Bonchev–Trinajstić information content (AvgIpc) is 2.93. The summed E-state index contributed by atoms with van der Waals surface area (Å²) < 4.78 is 27.9. The van der Waals surface area contributed by atoms with Crippen LogP contribution in [0.4, 0.5) is 11.4 Å². The maximum absolute atomic E-state index is 12.6. The van der Waals surface area contributed by atoms with Gasteiger partial charge < -0.3 is 5.73 Å². The molecule has 25 heavy (non-hydrogen) atoms. The van der Waals surface area contributed by atoms with Gasteiger partial charge in [-0.3, -0.25) is 4.72 Å². The zero-order valence-corrected chi connectivity index (χ0v) is 14.6. The topological polar surface area (TPSA) is 72.2 Å². The number of benzene rings is 3. The van der Waals surface area contributed by atoms with E-state index in [1.165, 1.54) is 5.56 Å². The van der Waals surface area contributed by atoms with Crippen molar-refractivity contribution in [1.29, 1.82) is 0 Å². The van der Waals surface area contributed by atoms with Gasteiger partial charge in [0.1, 0.15) is 0 Å². The van der Waals surface area contributed by atoms with Crippen LogP contribution in [0.15, 0.2) is 65.6 Å². The number of anilines is 2. The van der Waals surface area contributed by atoms with Gasteiger partial charge >= 0.3 is 0 Å². The van der Waals surface area contributed by atoms with Crippen molar-refractivity contribution in [2.75, 3.05) is 10.5 Å². The first-order valence-corrected chi connectivity index (χ1v) is 9.52. The first-order chi connectivity index (χ1) is 11.9. The predicted octanol–water partition coefficient (Wildman–Crippen LogP) is 3.95. The molecule has 0 amide bonds. The molecule has 0 bridgehead atoms. The average molecular weight is 350 g/mol. The molecule has 3 aromatic carbocycles. The predicted molar refractivity (Wildman–Crippen MR) is 101 cm³/mol. The van der Waals surface area contributed by atoms with Crippen molar-refractivity contribution in [2.24, 2.45) is 0 Å². The van der Waals surface area contributed by atoms with Crippen molar-refractivity contribution in [2.45, 2.75) is 18.2 Å². The molecule has 0 spiro atoms. The van der Waals surface area contributed by atoms with Crippen LogP contribution in [0.25, 0.3) is 11.1 Å². The van der Waals surface area contributed by atoms with Gasteiger partial charge in [0.15, 0.2) is 0 Å². The van der Waals surface area contributed by atoms with Gasteiger partial charge in [0.05, 0.1) is 16.3 Å². The minimum absolute atomic E-state index is 0.223. The molecule has 0 heterocycles. The lowest BCUT2D eigenvalue weighted by Gasteiger charge is -2.13. The van der Waals surface area contributed by atoms with Crippen LogP contribution in [-0.4, -0.2) is 8.42 Å². The second-order valence-corrected chi connectivity index (χ2v) is 8.03. The summed E-state index contributed by atoms with van der Waals surface area (Å²) in [6, 6.07) is 18.6.